The third kappa shape index (κ3) is 1.69. The highest BCUT2D eigenvalue weighted by molar-refractivity contribution is 5.98. The zero-order valence-electron chi connectivity index (χ0n) is 7.00. The standard InChI is InChI=1S/C9H14O2/c1-6(2)9(11)7-4-3-5-8(7)10/h4,6,9,11H,3,5H2,1-2H3/t9-/m0/s1. The van der Waals surface area contributed by atoms with E-state index in [1.807, 2.05) is 19.9 Å². The van der Waals surface area contributed by atoms with Crippen LogP contribution in [0.1, 0.15) is 26.7 Å². The number of hydrogen-bond donors (Lipinski definition) is 1. The molecule has 0 heterocycles. The van der Waals surface area contributed by atoms with E-state index in [4.69, 9.17) is 0 Å². The Labute approximate surface area is 66.9 Å². The van der Waals surface area contributed by atoms with E-state index < -0.39 is 6.10 Å². The molecule has 0 saturated heterocycles. The van der Waals surface area contributed by atoms with Gasteiger partial charge in [-0.15, -0.1) is 0 Å². The van der Waals surface area contributed by atoms with Crippen LogP contribution < -0.4 is 0 Å². The van der Waals surface area contributed by atoms with Crippen LogP contribution in [-0.2, 0) is 4.79 Å². The highest BCUT2D eigenvalue weighted by Crippen LogP contribution is 2.21. The van der Waals surface area contributed by atoms with E-state index in [2.05, 4.69) is 0 Å². The Morgan fingerprint density at radius 3 is 2.55 bits per heavy atom. The summed E-state index contributed by atoms with van der Waals surface area (Å²) in [4.78, 5) is 11.1. The molecule has 1 aliphatic rings. The quantitative estimate of drug-likeness (QED) is 0.650. The van der Waals surface area contributed by atoms with E-state index in [1.165, 1.54) is 0 Å². The first kappa shape index (κ1) is 8.47. The highest BCUT2D eigenvalue weighted by atomic mass is 16.3. The van der Waals surface area contributed by atoms with E-state index >= 15 is 0 Å². The number of carbonyl (C=O) groups is 1. The molecule has 0 bridgehead atoms. The van der Waals surface area contributed by atoms with Crippen molar-refractivity contribution in [1.29, 1.82) is 0 Å². The molecular weight excluding hydrogens is 140 g/mol. The van der Waals surface area contributed by atoms with Gasteiger partial charge in [-0.3, -0.25) is 4.79 Å². The second-order valence-electron chi connectivity index (χ2n) is 3.31. The van der Waals surface area contributed by atoms with Crippen molar-refractivity contribution in [3.8, 4) is 0 Å². The Kier molecular flexibility index (Phi) is 2.45. The summed E-state index contributed by atoms with van der Waals surface area (Å²) in [5.41, 5.74) is 0.625. The van der Waals surface area contributed by atoms with Crippen molar-refractivity contribution in [3.05, 3.63) is 11.6 Å². The zero-order chi connectivity index (χ0) is 8.43. The number of aliphatic hydroxyl groups is 1. The molecular formula is C9H14O2. The molecule has 62 valence electrons. The summed E-state index contributed by atoms with van der Waals surface area (Å²) in [6, 6.07) is 0. The summed E-state index contributed by atoms with van der Waals surface area (Å²) in [6.07, 6.45) is 2.69. The van der Waals surface area contributed by atoms with Gasteiger partial charge in [0.25, 0.3) is 0 Å². The van der Waals surface area contributed by atoms with Crippen LogP contribution >= 0.6 is 0 Å². The SMILES string of the molecule is CC(C)[C@H](O)C1=CCCC1=O. The molecule has 2 nitrogen and oxygen atoms in total. The Balaban J connectivity index is 2.67. The molecule has 0 aromatic heterocycles. The number of ketones is 1. The molecule has 11 heavy (non-hydrogen) atoms. The second-order valence-corrected chi connectivity index (χ2v) is 3.31. The lowest BCUT2D eigenvalue weighted by atomic mass is 9.98. The van der Waals surface area contributed by atoms with Gasteiger partial charge in [-0.05, 0) is 12.3 Å². The normalized spacial score (nSPS) is 20.7. The number of aliphatic hydroxyl groups excluding tert-OH is 1. The monoisotopic (exact) mass is 154 g/mol. The van der Waals surface area contributed by atoms with Crippen molar-refractivity contribution in [3.63, 3.8) is 0 Å². The maximum atomic E-state index is 11.1. The van der Waals surface area contributed by atoms with Crippen LogP contribution in [-0.4, -0.2) is 17.0 Å². The molecule has 0 aromatic rings. The van der Waals surface area contributed by atoms with E-state index in [9.17, 15) is 9.90 Å². The Bertz CT molecular complexity index is 192. The summed E-state index contributed by atoms with van der Waals surface area (Å²) in [7, 11) is 0. The van der Waals surface area contributed by atoms with Gasteiger partial charge >= 0.3 is 0 Å². The predicted octanol–water partition coefficient (Wildman–Crippen LogP) is 1.29. The molecule has 0 fully saturated rings. The number of hydrogen-bond acceptors (Lipinski definition) is 2. The molecule has 2 heteroatoms. The number of carbonyl (C=O) groups excluding carboxylic acids is 1. The van der Waals surface area contributed by atoms with Gasteiger partial charge in [0.05, 0.1) is 6.10 Å². The minimum Gasteiger partial charge on any atom is -0.388 e. The van der Waals surface area contributed by atoms with Crippen molar-refractivity contribution in [2.75, 3.05) is 0 Å². The van der Waals surface area contributed by atoms with E-state index in [0.29, 0.717) is 12.0 Å². The van der Waals surface area contributed by atoms with Crippen LogP contribution in [0.15, 0.2) is 11.6 Å². The summed E-state index contributed by atoms with van der Waals surface area (Å²) < 4.78 is 0. The first-order valence-electron chi connectivity index (χ1n) is 4.04. The molecule has 1 atom stereocenters. The molecule has 0 aliphatic heterocycles. The van der Waals surface area contributed by atoms with Gasteiger partial charge in [0.15, 0.2) is 5.78 Å². The van der Waals surface area contributed by atoms with Gasteiger partial charge in [0.2, 0.25) is 0 Å². The average Bonchev–Trinajstić information content (AvgIpc) is 2.33. The molecule has 1 rings (SSSR count). The third-order valence-electron chi connectivity index (χ3n) is 2.01. The summed E-state index contributed by atoms with van der Waals surface area (Å²) in [6.45, 7) is 3.83. The fourth-order valence-electron chi connectivity index (χ4n) is 1.26. The Hall–Kier alpha value is -0.630. The Morgan fingerprint density at radius 1 is 1.55 bits per heavy atom. The molecule has 0 amide bonds. The number of allylic oxidation sites excluding steroid dienone is 1. The average molecular weight is 154 g/mol. The van der Waals surface area contributed by atoms with Gasteiger partial charge in [0, 0.05) is 12.0 Å². The topological polar surface area (TPSA) is 37.3 Å². The minimum atomic E-state index is -0.551. The Morgan fingerprint density at radius 2 is 2.18 bits per heavy atom. The van der Waals surface area contributed by atoms with Crippen molar-refractivity contribution < 1.29 is 9.90 Å². The van der Waals surface area contributed by atoms with Crippen LogP contribution in [0.5, 0.6) is 0 Å². The van der Waals surface area contributed by atoms with E-state index in [1.54, 1.807) is 0 Å². The second kappa shape index (κ2) is 3.18. The molecule has 0 aromatic carbocycles. The van der Waals surface area contributed by atoms with Crippen LogP contribution in [0, 0.1) is 5.92 Å². The van der Waals surface area contributed by atoms with Crippen LogP contribution in [0.25, 0.3) is 0 Å². The lowest BCUT2D eigenvalue weighted by molar-refractivity contribution is -0.116. The van der Waals surface area contributed by atoms with Gasteiger partial charge in [0.1, 0.15) is 0 Å². The molecule has 1 N–H and O–H groups in total. The van der Waals surface area contributed by atoms with Crippen LogP contribution in [0.3, 0.4) is 0 Å². The third-order valence-corrected chi connectivity index (χ3v) is 2.01. The minimum absolute atomic E-state index is 0.117. The molecule has 1 aliphatic carbocycles. The van der Waals surface area contributed by atoms with Gasteiger partial charge in [-0.1, -0.05) is 19.9 Å². The summed E-state index contributed by atoms with van der Waals surface area (Å²) in [5, 5.41) is 9.51. The molecule has 0 unspecified atom stereocenters. The van der Waals surface area contributed by atoms with Gasteiger partial charge in [-0.2, -0.15) is 0 Å². The molecule has 0 spiro atoms. The largest absolute Gasteiger partial charge is 0.388 e. The highest BCUT2D eigenvalue weighted by Gasteiger charge is 2.23. The first-order chi connectivity index (χ1) is 5.13. The van der Waals surface area contributed by atoms with Crippen molar-refractivity contribution in [2.45, 2.75) is 32.8 Å². The fourth-order valence-corrected chi connectivity index (χ4v) is 1.26. The molecule has 0 saturated carbocycles. The van der Waals surface area contributed by atoms with E-state index in [-0.39, 0.29) is 11.7 Å². The van der Waals surface area contributed by atoms with E-state index in [0.717, 1.165) is 6.42 Å². The number of Topliss-reactive ketones (excluding diaryl/α,β-unsaturated/α-hetero) is 1. The van der Waals surface area contributed by atoms with Gasteiger partial charge in [-0.25, -0.2) is 0 Å². The molecule has 0 radical (unpaired) electrons. The van der Waals surface area contributed by atoms with Crippen molar-refractivity contribution in [1.82, 2.24) is 0 Å². The van der Waals surface area contributed by atoms with Crippen LogP contribution in [0.4, 0.5) is 0 Å². The van der Waals surface area contributed by atoms with Crippen molar-refractivity contribution >= 4 is 5.78 Å². The lowest BCUT2D eigenvalue weighted by Crippen LogP contribution is -2.20. The summed E-state index contributed by atoms with van der Waals surface area (Å²) >= 11 is 0. The summed E-state index contributed by atoms with van der Waals surface area (Å²) in [5.74, 6) is 0.259. The van der Waals surface area contributed by atoms with Crippen LogP contribution in [0.2, 0.25) is 0 Å². The first-order valence-corrected chi connectivity index (χ1v) is 4.04. The number of rotatable bonds is 2. The zero-order valence-corrected chi connectivity index (χ0v) is 7.00. The predicted molar refractivity (Wildman–Crippen MR) is 43.2 cm³/mol. The lowest BCUT2D eigenvalue weighted by Gasteiger charge is -2.14. The maximum Gasteiger partial charge on any atom is 0.161 e. The fraction of sp³-hybridized carbons (Fsp3) is 0.667. The maximum absolute atomic E-state index is 11.1. The smallest absolute Gasteiger partial charge is 0.161 e. The van der Waals surface area contributed by atoms with Gasteiger partial charge < -0.3 is 5.11 Å². The van der Waals surface area contributed by atoms with Crippen molar-refractivity contribution in [2.24, 2.45) is 5.92 Å².